The van der Waals surface area contributed by atoms with Gasteiger partial charge in [-0.25, -0.2) is 0 Å². The largest absolute Gasteiger partial charge is 0.371 e. The van der Waals surface area contributed by atoms with Gasteiger partial charge in [-0.15, -0.1) is 0 Å². The summed E-state index contributed by atoms with van der Waals surface area (Å²) in [6.45, 7) is 4.87. The second kappa shape index (κ2) is 7.70. The highest BCUT2D eigenvalue weighted by atomic mass is 16.1. The van der Waals surface area contributed by atoms with Crippen molar-refractivity contribution in [2.24, 2.45) is 11.7 Å². The van der Waals surface area contributed by atoms with Crippen LogP contribution in [0, 0.1) is 5.92 Å². The molecular formula is C21H27N3O. The molecule has 0 spiro atoms. The number of carbonyl (C=O) groups excluding carboxylic acids is 1. The number of hydrogen-bond acceptors (Lipinski definition) is 3. The normalized spacial score (nSPS) is 24.0. The third-order valence-electron chi connectivity index (χ3n) is 5.34. The maximum absolute atomic E-state index is 12.3. The lowest BCUT2D eigenvalue weighted by atomic mass is 9.77. The van der Waals surface area contributed by atoms with E-state index in [2.05, 4.69) is 41.4 Å². The monoisotopic (exact) mass is 337 g/mol. The molecule has 1 fully saturated rings. The van der Waals surface area contributed by atoms with E-state index in [1.165, 1.54) is 5.56 Å². The Morgan fingerprint density at radius 1 is 1.16 bits per heavy atom. The number of anilines is 1. The second-order valence-corrected chi connectivity index (χ2v) is 7.01. The summed E-state index contributed by atoms with van der Waals surface area (Å²) in [6.07, 6.45) is 1.76. The molecule has 0 saturated carbocycles. The summed E-state index contributed by atoms with van der Waals surface area (Å²) in [5.74, 6) is -0.110. The fourth-order valence-corrected chi connectivity index (χ4v) is 3.74. The van der Waals surface area contributed by atoms with Crippen LogP contribution < -0.4 is 11.1 Å². The predicted octanol–water partition coefficient (Wildman–Crippen LogP) is 2.91. The Bertz CT molecular complexity index is 689. The molecule has 1 saturated heterocycles. The Morgan fingerprint density at radius 3 is 2.40 bits per heavy atom. The molecule has 1 aliphatic heterocycles. The van der Waals surface area contributed by atoms with Gasteiger partial charge in [0.2, 0.25) is 5.91 Å². The van der Waals surface area contributed by atoms with Crippen molar-refractivity contribution in [1.82, 2.24) is 4.90 Å². The van der Waals surface area contributed by atoms with E-state index in [4.69, 9.17) is 5.73 Å². The molecule has 3 rings (SSSR count). The first-order valence-electron chi connectivity index (χ1n) is 8.99. The van der Waals surface area contributed by atoms with Gasteiger partial charge >= 0.3 is 0 Å². The molecule has 1 heterocycles. The van der Waals surface area contributed by atoms with Crippen molar-refractivity contribution >= 4 is 11.6 Å². The Morgan fingerprint density at radius 2 is 1.80 bits per heavy atom. The van der Waals surface area contributed by atoms with Gasteiger partial charge in [-0.05, 0) is 30.5 Å². The van der Waals surface area contributed by atoms with Crippen LogP contribution in [0.25, 0.3) is 0 Å². The molecule has 1 amide bonds. The minimum absolute atomic E-state index is 0.148. The standard InChI is InChI=1S/C21H27N3O/c1-17-16-24(14-12-18-8-4-2-5-9-18)15-13-21(17,20(22)25)23-19-10-6-3-7-11-19/h2-11,17,23H,12-16H2,1H3,(H2,22,25). The number of piperidine rings is 1. The van der Waals surface area contributed by atoms with Gasteiger partial charge in [0, 0.05) is 31.2 Å². The summed E-state index contributed by atoms with van der Waals surface area (Å²) >= 11 is 0. The van der Waals surface area contributed by atoms with Gasteiger partial charge in [-0.1, -0.05) is 55.5 Å². The first kappa shape index (κ1) is 17.5. The average molecular weight is 337 g/mol. The summed E-state index contributed by atoms with van der Waals surface area (Å²) < 4.78 is 0. The highest BCUT2D eigenvalue weighted by Crippen LogP contribution is 2.31. The van der Waals surface area contributed by atoms with E-state index in [1.807, 2.05) is 36.4 Å². The number of nitrogens with one attached hydrogen (secondary N) is 1. The number of amides is 1. The Hall–Kier alpha value is -2.33. The number of primary amides is 1. The third kappa shape index (κ3) is 4.02. The number of likely N-dealkylation sites (tertiary alicyclic amines) is 1. The lowest BCUT2D eigenvalue weighted by Crippen LogP contribution is -2.62. The maximum Gasteiger partial charge on any atom is 0.243 e. The van der Waals surface area contributed by atoms with E-state index >= 15 is 0 Å². The highest BCUT2D eigenvalue weighted by Gasteiger charge is 2.45. The van der Waals surface area contributed by atoms with E-state index in [0.717, 1.165) is 38.2 Å². The lowest BCUT2D eigenvalue weighted by Gasteiger charge is -2.45. The van der Waals surface area contributed by atoms with Crippen LogP contribution in [0.4, 0.5) is 5.69 Å². The summed E-state index contributed by atoms with van der Waals surface area (Å²) in [6, 6.07) is 20.4. The number of hydrogen-bond donors (Lipinski definition) is 2. The zero-order valence-corrected chi connectivity index (χ0v) is 14.8. The van der Waals surface area contributed by atoms with Crippen molar-refractivity contribution in [3.63, 3.8) is 0 Å². The van der Waals surface area contributed by atoms with E-state index in [0.29, 0.717) is 0 Å². The second-order valence-electron chi connectivity index (χ2n) is 7.01. The van der Waals surface area contributed by atoms with Gasteiger partial charge in [0.15, 0.2) is 0 Å². The van der Waals surface area contributed by atoms with Crippen molar-refractivity contribution in [2.45, 2.75) is 25.3 Å². The zero-order valence-electron chi connectivity index (χ0n) is 14.8. The Labute approximate surface area is 150 Å². The third-order valence-corrected chi connectivity index (χ3v) is 5.34. The minimum Gasteiger partial charge on any atom is -0.371 e. The summed E-state index contributed by atoms with van der Waals surface area (Å²) in [7, 11) is 0. The average Bonchev–Trinajstić information content (AvgIpc) is 2.63. The molecule has 0 radical (unpaired) electrons. The first-order chi connectivity index (χ1) is 12.1. The highest BCUT2D eigenvalue weighted by molar-refractivity contribution is 5.88. The molecular weight excluding hydrogens is 310 g/mol. The molecule has 4 nitrogen and oxygen atoms in total. The van der Waals surface area contributed by atoms with Crippen LogP contribution in [0.2, 0.25) is 0 Å². The van der Waals surface area contributed by atoms with Gasteiger partial charge in [-0.2, -0.15) is 0 Å². The van der Waals surface area contributed by atoms with Gasteiger partial charge in [0.05, 0.1) is 0 Å². The van der Waals surface area contributed by atoms with Crippen LogP contribution in [0.3, 0.4) is 0 Å². The number of rotatable bonds is 6. The topological polar surface area (TPSA) is 58.4 Å². The molecule has 132 valence electrons. The fraction of sp³-hybridized carbons (Fsp3) is 0.381. The van der Waals surface area contributed by atoms with Crippen molar-refractivity contribution in [1.29, 1.82) is 0 Å². The molecule has 2 aromatic carbocycles. The van der Waals surface area contributed by atoms with E-state index < -0.39 is 5.54 Å². The molecule has 0 aromatic heterocycles. The SMILES string of the molecule is CC1CN(CCc2ccccc2)CCC1(Nc1ccccc1)C(N)=O. The van der Waals surface area contributed by atoms with Gasteiger partial charge in [-0.3, -0.25) is 4.79 Å². The first-order valence-corrected chi connectivity index (χ1v) is 8.99. The van der Waals surface area contributed by atoms with Gasteiger partial charge < -0.3 is 16.0 Å². The van der Waals surface area contributed by atoms with Crippen molar-refractivity contribution in [3.05, 3.63) is 66.2 Å². The molecule has 2 unspecified atom stereocenters. The summed E-state index contributed by atoms with van der Waals surface area (Å²) in [5.41, 5.74) is 7.46. The van der Waals surface area contributed by atoms with Crippen molar-refractivity contribution in [2.75, 3.05) is 25.0 Å². The van der Waals surface area contributed by atoms with Crippen LogP contribution in [0.5, 0.6) is 0 Å². The smallest absolute Gasteiger partial charge is 0.243 e. The van der Waals surface area contributed by atoms with E-state index in [9.17, 15) is 4.79 Å². The number of nitrogens with zero attached hydrogens (tertiary/aromatic N) is 1. The number of nitrogens with two attached hydrogens (primary N) is 1. The number of benzene rings is 2. The van der Waals surface area contributed by atoms with Crippen LogP contribution >= 0.6 is 0 Å². The Balaban J connectivity index is 1.65. The molecule has 4 heteroatoms. The van der Waals surface area contributed by atoms with E-state index in [1.54, 1.807) is 0 Å². The predicted molar refractivity (Wildman–Crippen MR) is 102 cm³/mol. The number of carbonyl (C=O) groups is 1. The quantitative estimate of drug-likeness (QED) is 0.852. The van der Waals surface area contributed by atoms with Crippen molar-refractivity contribution < 1.29 is 4.79 Å². The minimum atomic E-state index is -0.676. The van der Waals surface area contributed by atoms with Gasteiger partial charge in [0.1, 0.15) is 5.54 Å². The summed E-state index contributed by atoms with van der Waals surface area (Å²) in [5, 5.41) is 3.44. The Kier molecular flexibility index (Phi) is 5.39. The lowest BCUT2D eigenvalue weighted by molar-refractivity contribution is -0.125. The summed E-state index contributed by atoms with van der Waals surface area (Å²) in [4.78, 5) is 14.8. The molecule has 3 N–H and O–H groups in total. The number of para-hydroxylation sites is 1. The van der Waals surface area contributed by atoms with Crippen LogP contribution in [0.15, 0.2) is 60.7 Å². The molecule has 25 heavy (non-hydrogen) atoms. The van der Waals surface area contributed by atoms with Crippen LogP contribution in [0.1, 0.15) is 18.9 Å². The molecule has 1 aliphatic rings. The van der Waals surface area contributed by atoms with Gasteiger partial charge in [0.25, 0.3) is 0 Å². The van der Waals surface area contributed by atoms with Crippen LogP contribution in [-0.4, -0.2) is 36.0 Å². The molecule has 0 bridgehead atoms. The van der Waals surface area contributed by atoms with Crippen LogP contribution in [-0.2, 0) is 11.2 Å². The maximum atomic E-state index is 12.3. The van der Waals surface area contributed by atoms with E-state index in [-0.39, 0.29) is 11.8 Å². The zero-order chi connectivity index (χ0) is 17.7. The molecule has 2 aromatic rings. The fourth-order valence-electron chi connectivity index (χ4n) is 3.74. The molecule has 0 aliphatic carbocycles. The molecule has 2 atom stereocenters. The van der Waals surface area contributed by atoms with Crippen molar-refractivity contribution in [3.8, 4) is 0 Å².